The van der Waals surface area contributed by atoms with Crippen LogP contribution in [0.3, 0.4) is 0 Å². The van der Waals surface area contributed by atoms with E-state index in [1.54, 1.807) is 13.1 Å². The molecule has 5 nitrogen and oxygen atoms in total. The molecule has 0 unspecified atom stereocenters. The van der Waals surface area contributed by atoms with Crippen molar-refractivity contribution in [1.29, 1.82) is 0 Å². The number of methoxy groups -OCH3 is 1. The van der Waals surface area contributed by atoms with Crippen LogP contribution in [-0.2, 0) is 14.3 Å². The van der Waals surface area contributed by atoms with Crippen molar-refractivity contribution in [3.8, 4) is 5.75 Å². The molecule has 0 aliphatic heterocycles. The van der Waals surface area contributed by atoms with Crippen LogP contribution in [0, 0.1) is 0 Å². The molecule has 0 saturated heterocycles. The fourth-order valence-electron chi connectivity index (χ4n) is 1.59. The standard InChI is InChI=1S/C16H21NO4/c1-12(2)21-14-7-5-6-13(10-14)8-9-15(18)17(3)11-16(19)20-4/h5-10,12H,11H2,1-4H3/b9-8+. The Labute approximate surface area is 125 Å². The molecule has 0 atom stereocenters. The Kier molecular flexibility index (Phi) is 6.46. The number of ether oxygens (including phenoxy) is 2. The Morgan fingerprint density at radius 3 is 2.67 bits per heavy atom. The number of benzene rings is 1. The SMILES string of the molecule is COC(=O)CN(C)C(=O)/C=C/c1cccc(OC(C)C)c1. The molecule has 0 aromatic heterocycles. The highest BCUT2D eigenvalue weighted by Crippen LogP contribution is 2.16. The van der Waals surface area contributed by atoms with Gasteiger partial charge in [0, 0.05) is 13.1 Å². The Morgan fingerprint density at radius 2 is 2.05 bits per heavy atom. The predicted octanol–water partition coefficient (Wildman–Crippen LogP) is 2.12. The van der Waals surface area contributed by atoms with Gasteiger partial charge in [-0.3, -0.25) is 9.59 Å². The molecule has 0 radical (unpaired) electrons. The van der Waals surface area contributed by atoms with E-state index in [-0.39, 0.29) is 18.6 Å². The minimum absolute atomic E-state index is 0.0732. The van der Waals surface area contributed by atoms with Gasteiger partial charge in [0.2, 0.25) is 5.91 Å². The van der Waals surface area contributed by atoms with Gasteiger partial charge < -0.3 is 14.4 Å². The minimum atomic E-state index is -0.452. The normalized spacial score (nSPS) is 10.7. The lowest BCUT2D eigenvalue weighted by molar-refractivity contribution is -0.144. The van der Waals surface area contributed by atoms with Crippen molar-refractivity contribution in [3.63, 3.8) is 0 Å². The molecule has 0 fully saturated rings. The molecule has 1 amide bonds. The summed E-state index contributed by atoms with van der Waals surface area (Å²) in [6, 6.07) is 7.45. The van der Waals surface area contributed by atoms with E-state index in [1.807, 2.05) is 38.1 Å². The molecule has 0 heterocycles. The van der Waals surface area contributed by atoms with Crippen molar-refractivity contribution in [1.82, 2.24) is 4.90 Å². The summed E-state index contributed by atoms with van der Waals surface area (Å²) in [4.78, 5) is 24.2. The Morgan fingerprint density at radius 1 is 1.33 bits per heavy atom. The van der Waals surface area contributed by atoms with Gasteiger partial charge in [0.1, 0.15) is 12.3 Å². The predicted molar refractivity (Wildman–Crippen MR) is 80.9 cm³/mol. The number of hydrogen-bond acceptors (Lipinski definition) is 4. The van der Waals surface area contributed by atoms with Crippen molar-refractivity contribution in [2.24, 2.45) is 0 Å². The molecule has 1 aromatic carbocycles. The highest BCUT2D eigenvalue weighted by molar-refractivity contribution is 5.93. The van der Waals surface area contributed by atoms with Gasteiger partial charge in [-0.25, -0.2) is 0 Å². The van der Waals surface area contributed by atoms with Crippen molar-refractivity contribution >= 4 is 18.0 Å². The van der Waals surface area contributed by atoms with Crippen molar-refractivity contribution < 1.29 is 19.1 Å². The summed E-state index contributed by atoms with van der Waals surface area (Å²) in [6.45, 7) is 3.83. The smallest absolute Gasteiger partial charge is 0.325 e. The molecule has 0 aliphatic rings. The van der Waals surface area contributed by atoms with Gasteiger partial charge in [-0.15, -0.1) is 0 Å². The maximum atomic E-state index is 11.8. The quantitative estimate of drug-likeness (QED) is 0.595. The highest BCUT2D eigenvalue weighted by Gasteiger charge is 2.10. The summed E-state index contributed by atoms with van der Waals surface area (Å²) in [5.41, 5.74) is 0.855. The highest BCUT2D eigenvalue weighted by atomic mass is 16.5. The third kappa shape index (κ3) is 6.12. The average molecular weight is 291 g/mol. The van der Waals surface area contributed by atoms with E-state index in [0.717, 1.165) is 11.3 Å². The van der Waals surface area contributed by atoms with Gasteiger partial charge in [0.15, 0.2) is 0 Å². The summed E-state index contributed by atoms with van der Waals surface area (Å²) in [6.07, 6.45) is 3.19. The summed E-state index contributed by atoms with van der Waals surface area (Å²) < 4.78 is 10.1. The average Bonchev–Trinajstić information content (AvgIpc) is 2.44. The molecule has 0 bridgehead atoms. The Hall–Kier alpha value is -2.30. The van der Waals surface area contributed by atoms with Crippen LogP contribution in [0.15, 0.2) is 30.3 Å². The zero-order valence-electron chi connectivity index (χ0n) is 12.8. The number of hydrogen-bond donors (Lipinski definition) is 0. The zero-order chi connectivity index (χ0) is 15.8. The molecular formula is C16H21NO4. The van der Waals surface area contributed by atoms with Crippen LogP contribution in [0.25, 0.3) is 6.08 Å². The first-order valence-electron chi connectivity index (χ1n) is 6.69. The lowest BCUT2D eigenvalue weighted by Crippen LogP contribution is -2.31. The van der Waals surface area contributed by atoms with Crippen LogP contribution in [0.2, 0.25) is 0 Å². The number of likely N-dealkylation sites (N-methyl/N-ethyl adjacent to an activating group) is 1. The Bertz CT molecular complexity index is 523. The van der Waals surface area contributed by atoms with Crippen LogP contribution in [0.5, 0.6) is 5.75 Å². The zero-order valence-corrected chi connectivity index (χ0v) is 12.8. The van der Waals surface area contributed by atoms with Crippen molar-refractivity contribution in [2.45, 2.75) is 20.0 Å². The number of carbonyl (C=O) groups excluding carboxylic acids is 2. The first kappa shape index (κ1) is 16.8. The van der Waals surface area contributed by atoms with Crippen molar-refractivity contribution in [2.75, 3.05) is 20.7 Å². The third-order valence-electron chi connectivity index (χ3n) is 2.62. The fraction of sp³-hybridized carbons (Fsp3) is 0.375. The molecule has 0 saturated carbocycles. The number of amides is 1. The molecule has 1 rings (SSSR count). The maximum absolute atomic E-state index is 11.8. The number of carbonyl (C=O) groups is 2. The van der Waals surface area contributed by atoms with E-state index in [9.17, 15) is 9.59 Å². The van der Waals surface area contributed by atoms with E-state index in [4.69, 9.17) is 4.74 Å². The van der Waals surface area contributed by atoms with Gasteiger partial charge >= 0.3 is 5.97 Å². The van der Waals surface area contributed by atoms with Gasteiger partial charge in [0.25, 0.3) is 0 Å². The molecule has 0 N–H and O–H groups in total. The number of rotatable bonds is 6. The largest absolute Gasteiger partial charge is 0.491 e. The van der Waals surface area contributed by atoms with Crippen LogP contribution in [0.4, 0.5) is 0 Å². The Balaban J connectivity index is 2.67. The summed E-state index contributed by atoms with van der Waals surface area (Å²) in [5.74, 6) is 0.0321. The molecule has 5 heteroatoms. The van der Waals surface area contributed by atoms with E-state index >= 15 is 0 Å². The number of esters is 1. The van der Waals surface area contributed by atoms with Gasteiger partial charge in [-0.1, -0.05) is 12.1 Å². The molecule has 114 valence electrons. The first-order valence-corrected chi connectivity index (χ1v) is 6.69. The topological polar surface area (TPSA) is 55.8 Å². The molecule has 21 heavy (non-hydrogen) atoms. The summed E-state index contributed by atoms with van der Waals surface area (Å²) >= 11 is 0. The van der Waals surface area contributed by atoms with Crippen LogP contribution in [0.1, 0.15) is 19.4 Å². The van der Waals surface area contributed by atoms with E-state index in [1.165, 1.54) is 18.1 Å². The first-order chi connectivity index (χ1) is 9.92. The lowest BCUT2D eigenvalue weighted by Gasteiger charge is -2.13. The lowest BCUT2D eigenvalue weighted by atomic mass is 10.2. The van der Waals surface area contributed by atoms with Crippen LogP contribution >= 0.6 is 0 Å². The monoisotopic (exact) mass is 291 g/mol. The molecule has 0 aliphatic carbocycles. The van der Waals surface area contributed by atoms with Crippen molar-refractivity contribution in [3.05, 3.63) is 35.9 Å². The van der Waals surface area contributed by atoms with Gasteiger partial charge in [-0.2, -0.15) is 0 Å². The fourth-order valence-corrected chi connectivity index (χ4v) is 1.59. The second-order valence-corrected chi connectivity index (χ2v) is 4.84. The van der Waals surface area contributed by atoms with Gasteiger partial charge in [-0.05, 0) is 37.6 Å². The van der Waals surface area contributed by atoms with E-state index in [0.29, 0.717) is 0 Å². The van der Waals surface area contributed by atoms with E-state index < -0.39 is 5.97 Å². The summed E-state index contributed by atoms with van der Waals surface area (Å²) in [5, 5.41) is 0. The molecular weight excluding hydrogens is 270 g/mol. The third-order valence-corrected chi connectivity index (χ3v) is 2.62. The summed E-state index contributed by atoms with van der Waals surface area (Å²) in [7, 11) is 2.83. The maximum Gasteiger partial charge on any atom is 0.325 e. The number of nitrogens with zero attached hydrogens (tertiary/aromatic N) is 1. The minimum Gasteiger partial charge on any atom is -0.491 e. The molecule has 1 aromatic rings. The second-order valence-electron chi connectivity index (χ2n) is 4.84. The van der Waals surface area contributed by atoms with Crippen LogP contribution in [-0.4, -0.2) is 43.6 Å². The second kappa shape index (κ2) is 8.09. The van der Waals surface area contributed by atoms with Gasteiger partial charge in [0.05, 0.1) is 13.2 Å². The van der Waals surface area contributed by atoms with E-state index in [2.05, 4.69) is 4.74 Å². The molecule has 0 spiro atoms. The van der Waals surface area contributed by atoms with Crippen LogP contribution < -0.4 is 4.74 Å².